The topological polar surface area (TPSA) is 58.6 Å². The van der Waals surface area contributed by atoms with E-state index < -0.39 is 6.10 Å². The van der Waals surface area contributed by atoms with Gasteiger partial charge in [-0.05, 0) is 37.5 Å². The first-order chi connectivity index (χ1) is 9.56. The van der Waals surface area contributed by atoms with Crippen molar-refractivity contribution in [2.24, 2.45) is 0 Å². The number of carbonyl (C=O) groups excluding carboxylic acids is 1. The average molecular weight is 298 g/mol. The molecule has 1 fully saturated rings. The third-order valence-corrected chi connectivity index (χ3v) is 3.83. The molecule has 110 valence electrons. The Morgan fingerprint density at radius 1 is 1.45 bits per heavy atom. The van der Waals surface area contributed by atoms with E-state index in [4.69, 9.17) is 16.3 Å². The molecule has 2 rings (SSSR count). The van der Waals surface area contributed by atoms with Crippen molar-refractivity contribution in [3.63, 3.8) is 0 Å². The first kappa shape index (κ1) is 15.1. The lowest BCUT2D eigenvalue weighted by atomic mass is 9.92. The number of aliphatic hydroxyl groups is 1. The quantitative estimate of drug-likeness (QED) is 0.897. The summed E-state index contributed by atoms with van der Waals surface area (Å²) in [5, 5.41) is 13.1. The standard InChI is InChI=1S/C15H20ClNO3/c1-10-6-7-11(16)14(8-10)20-9-15(19)17-12-4-2-3-5-13(12)18/h6-8,12-13,18H,2-5,9H2,1H3,(H,17,19)/t12-,13-/m1/s1. The Morgan fingerprint density at radius 2 is 2.20 bits per heavy atom. The molecule has 0 aromatic heterocycles. The average Bonchev–Trinajstić information content (AvgIpc) is 2.42. The van der Waals surface area contributed by atoms with Crippen LogP contribution in [0.5, 0.6) is 5.75 Å². The van der Waals surface area contributed by atoms with Crippen LogP contribution in [0.15, 0.2) is 18.2 Å². The van der Waals surface area contributed by atoms with Crippen LogP contribution >= 0.6 is 11.6 Å². The Balaban J connectivity index is 1.84. The number of nitrogens with one attached hydrogen (secondary N) is 1. The van der Waals surface area contributed by atoms with Gasteiger partial charge >= 0.3 is 0 Å². The van der Waals surface area contributed by atoms with Gasteiger partial charge in [0.2, 0.25) is 0 Å². The summed E-state index contributed by atoms with van der Waals surface area (Å²) >= 11 is 6.00. The normalized spacial score (nSPS) is 22.4. The highest BCUT2D eigenvalue weighted by Crippen LogP contribution is 2.25. The molecule has 2 atom stereocenters. The predicted molar refractivity (Wildman–Crippen MR) is 78.1 cm³/mol. The molecule has 1 aromatic rings. The maximum atomic E-state index is 11.8. The molecule has 0 heterocycles. The number of aryl methyl sites for hydroxylation is 1. The van der Waals surface area contributed by atoms with Crippen LogP contribution in [0.2, 0.25) is 5.02 Å². The fourth-order valence-corrected chi connectivity index (χ4v) is 2.56. The SMILES string of the molecule is Cc1ccc(Cl)c(OCC(=O)N[C@@H]2CCCC[C@H]2O)c1. The lowest BCUT2D eigenvalue weighted by Crippen LogP contribution is -2.46. The monoisotopic (exact) mass is 297 g/mol. The minimum absolute atomic E-state index is 0.0909. The summed E-state index contributed by atoms with van der Waals surface area (Å²) in [5.74, 6) is 0.277. The van der Waals surface area contributed by atoms with Gasteiger partial charge in [-0.1, -0.05) is 30.5 Å². The van der Waals surface area contributed by atoms with Gasteiger partial charge in [-0.3, -0.25) is 4.79 Å². The summed E-state index contributed by atoms with van der Waals surface area (Å²) in [4.78, 5) is 11.8. The van der Waals surface area contributed by atoms with E-state index in [-0.39, 0.29) is 18.6 Å². The predicted octanol–water partition coefficient (Wildman–Crippen LogP) is 2.45. The Morgan fingerprint density at radius 3 is 2.95 bits per heavy atom. The second-order valence-corrected chi connectivity index (χ2v) is 5.66. The molecule has 5 heteroatoms. The number of rotatable bonds is 4. The fraction of sp³-hybridized carbons (Fsp3) is 0.533. The van der Waals surface area contributed by atoms with Gasteiger partial charge in [-0.2, -0.15) is 0 Å². The lowest BCUT2D eigenvalue weighted by molar-refractivity contribution is -0.125. The summed E-state index contributed by atoms with van der Waals surface area (Å²) in [6.45, 7) is 1.84. The highest BCUT2D eigenvalue weighted by atomic mass is 35.5. The van der Waals surface area contributed by atoms with Gasteiger partial charge in [-0.25, -0.2) is 0 Å². The fourth-order valence-electron chi connectivity index (χ4n) is 2.39. The lowest BCUT2D eigenvalue weighted by Gasteiger charge is -2.28. The molecule has 0 saturated heterocycles. The second kappa shape index (κ2) is 6.95. The maximum Gasteiger partial charge on any atom is 0.258 e. The van der Waals surface area contributed by atoms with E-state index in [1.54, 1.807) is 12.1 Å². The van der Waals surface area contributed by atoms with E-state index in [1.807, 2.05) is 13.0 Å². The molecule has 2 N–H and O–H groups in total. The Labute approximate surface area is 124 Å². The first-order valence-corrected chi connectivity index (χ1v) is 7.30. The number of halogens is 1. The maximum absolute atomic E-state index is 11.8. The number of hydrogen-bond acceptors (Lipinski definition) is 3. The van der Waals surface area contributed by atoms with Gasteiger partial charge in [0.05, 0.1) is 17.2 Å². The molecule has 0 unspecified atom stereocenters. The summed E-state index contributed by atoms with van der Waals surface area (Å²) in [5.41, 5.74) is 1.02. The zero-order chi connectivity index (χ0) is 14.5. The first-order valence-electron chi connectivity index (χ1n) is 6.92. The van der Waals surface area contributed by atoms with Crippen LogP contribution in [0.3, 0.4) is 0 Å². The number of ether oxygens (including phenoxy) is 1. The van der Waals surface area contributed by atoms with Crippen LogP contribution in [0, 0.1) is 6.92 Å². The summed E-state index contributed by atoms with van der Waals surface area (Å²) in [6.07, 6.45) is 3.17. The molecule has 1 saturated carbocycles. The molecule has 4 nitrogen and oxygen atoms in total. The van der Waals surface area contributed by atoms with Crippen LogP contribution in [0.25, 0.3) is 0 Å². The third kappa shape index (κ3) is 4.12. The van der Waals surface area contributed by atoms with Crippen LogP contribution in [-0.2, 0) is 4.79 Å². The molecular weight excluding hydrogens is 278 g/mol. The number of aliphatic hydroxyl groups excluding tert-OH is 1. The number of amides is 1. The summed E-state index contributed by atoms with van der Waals surface area (Å²) in [7, 11) is 0. The Kier molecular flexibility index (Phi) is 5.26. The van der Waals surface area contributed by atoms with Crippen molar-refractivity contribution < 1.29 is 14.6 Å². The van der Waals surface area contributed by atoms with E-state index in [9.17, 15) is 9.90 Å². The van der Waals surface area contributed by atoms with Gasteiger partial charge in [0, 0.05) is 0 Å². The number of carbonyl (C=O) groups is 1. The van der Waals surface area contributed by atoms with Crippen molar-refractivity contribution in [2.45, 2.75) is 44.8 Å². The minimum atomic E-state index is -0.449. The van der Waals surface area contributed by atoms with Gasteiger partial charge in [0.25, 0.3) is 5.91 Å². The Bertz CT molecular complexity index is 478. The van der Waals surface area contributed by atoms with Crippen molar-refractivity contribution in [3.05, 3.63) is 28.8 Å². The largest absolute Gasteiger partial charge is 0.482 e. The molecule has 1 amide bonds. The molecule has 0 bridgehead atoms. The van der Waals surface area contributed by atoms with Crippen molar-refractivity contribution in [2.75, 3.05) is 6.61 Å². The van der Waals surface area contributed by atoms with Crippen LogP contribution in [0.1, 0.15) is 31.2 Å². The van der Waals surface area contributed by atoms with E-state index >= 15 is 0 Å². The molecule has 1 aromatic carbocycles. The zero-order valence-electron chi connectivity index (χ0n) is 11.6. The smallest absolute Gasteiger partial charge is 0.258 e. The van der Waals surface area contributed by atoms with Crippen molar-refractivity contribution in [1.29, 1.82) is 0 Å². The van der Waals surface area contributed by atoms with Gasteiger partial charge in [0.1, 0.15) is 5.75 Å². The van der Waals surface area contributed by atoms with Gasteiger partial charge in [0.15, 0.2) is 6.61 Å². The highest BCUT2D eigenvalue weighted by Gasteiger charge is 2.24. The molecule has 1 aliphatic rings. The molecule has 0 spiro atoms. The number of hydrogen-bond donors (Lipinski definition) is 2. The Hall–Kier alpha value is -1.26. The van der Waals surface area contributed by atoms with Gasteiger partial charge < -0.3 is 15.2 Å². The minimum Gasteiger partial charge on any atom is -0.482 e. The van der Waals surface area contributed by atoms with Crippen molar-refractivity contribution >= 4 is 17.5 Å². The van der Waals surface area contributed by atoms with Gasteiger partial charge in [-0.15, -0.1) is 0 Å². The zero-order valence-corrected chi connectivity index (χ0v) is 12.3. The molecule has 0 aliphatic heterocycles. The molecule has 0 radical (unpaired) electrons. The van der Waals surface area contributed by atoms with Crippen LogP contribution in [0.4, 0.5) is 0 Å². The summed E-state index contributed by atoms with van der Waals surface area (Å²) in [6, 6.07) is 5.26. The second-order valence-electron chi connectivity index (χ2n) is 5.25. The van der Waals surface area contributed by atoms with Crippen molar-refractivity contribution in [1.82, 2.24) is 5.32 Å². The van der Waals surface area contributed by atoms with Crippen LogP contribution in [-0.4, -0.2) is 29.8 Å². The molecular formula is C15H20ClNO3. The summed E-state index contributed by atoms with van der Waals surface area (Å²) < 4.78 is 5.43. The number of benzene rings is 1. The van der Waals surface area contributed by atoms with E-state index in [0.717, 1.165) is 31.2 Å². The van der Waals surface area contributed by atoms with E-state index in [2.05, 4.69) is 5.32 Å². The third-order valence-electron chi connectivity index (χ3n) is 3.52. The van der Waals surface area contributed by atoms with Crippen molar-refractivity contribution in [3.8, 4) is 5.75 Å². The van der Waals surface area contributed by atoms with E-state index in [1.165, 1.54) is 0 Å². The molecule has 20 heavy (non-hydrogen) atoms. The van der Waals surface area contributed by atoms with Crippen LogP contribution < -0.4 is 10.1 Å². The molecule has 1 aliphatic carbocycles. The highest BCUT2D eigenvalue weighted by molar-refractivity contribution is 6.32. The van der Waals surface area contributed by atoms with E-state index in [0.29, 0.717) is 10.8 Å².